The maximum absolute atomic E-state index is 8.82. The highest BCUT2D eigenvalue weighted by Crippen LogP contribution is 2.15. The summed E-state index contributed by atoms with van der Waals surface area (Å²) in [6, 6.07) is 3.74. The Morgan fingerprint density at radius 3 is 3.00 bits per heavy atom. The molecular formula is C12H18N4O. The summed E-state index contributed by atoms with van der Waals surface area (Å²) in [5.41, 5.74) is 0. The van der Waals surface area contributed by atoms with Gasteiger partial charge in [-0.05, 0) is 12.5 Å². The molecule has 1 N–H and O–H groups in total. The second-order valence-corrected chi connectivity index (χ2v) is 3.71. The van der Waals surface area contributed by atoms with Crippen LogP contribution in [0.4, 0.5) is 5.82 Å². The van der Waals surface area contributed by atoms with Gasteiger partial charge in [0.2, 0.25) is 0 Å². The van der Waals surface area contributed by atoms with Crippen molar-refractivity contribution in [2.24, 2.45) is 0 Å². The number of pyridine rings is 1. The molecule has 1 heterocycles. The average molecular weight is 234 g/mol. The maximum Gasteiger partial charge on any atom is 0.179 e. The molecule has 0 radical (unpaired) electrons. The van der Waals surface area contributed by atoms with E-state index in [1.54, 1.807) is 24.2 Å². The Bertz CT molecular complexity index is 388. The normalized spacial score (nSPS) is 11.4. The third-order valence-electron chi connectivity index (χ3n) is 2.61. The van der Waals surface area contributed by atoms with Gasteiger partial charge >= 0.3 is 0 Å². The molecule has 1 unspecified atom stereocenters. The van der Waals surface area contributed by atoms with Crippen LogP contribution in [0.3, 0.4) is 0 Å². The van der Waals surface area contributed by atoms with Gasteiger partial charge in [-0.15, -0.1) is 0 Å². The minimum Gasteiger partial charge on any atom is -0.491 e. The van der Waals surface area contributed by atoms with E-state index in [1.165, 1.54) is 0 Å². The van der Waals surface area contributed by atoms with Crippen LogP contribution in [0.5, 0.6) is 5.75 Å². The van der Waals surface area contributed by atoms with Crippen molar-refractivity contribution in [1.82, 2.24) is 9.88 Å². The Kier molecular flexibility index (Phi) is 5.08. The van der Waals surface area contributed by atoms with E-state index in [1.807, 2.05) is 20.0 Å². The first-order valence-corrected chi connectivity index (χ1v) is 5.60. The summed E-state index contributed by atoms with van der Waals surface area (Å²) in [5.74, 6) is 1.53. The molecule has 1 aromatic heterocycles. The fraction of sp³-hybridized carbons (Fsp3) is 0.500. The van der Waals surface area contributed by atoms with Gasteiger partial charge in [-0.25, -0.2) is 4.98 Å². The zero-order valence-electron chi connectivity index (χ0n) is 10.5. The highest BCUT2D eigenvalue weighted by atomic mass is 16.5. The van der Waals surface area contributed by atoms with Gasteiger partial charge in [-0.2, -0.15) is 5.26 Å². The lowest BCUT2D eigenvalue weighted by molar-refractivity contribution is 0.202. The maximum atomic E-state index is 8.82. The van der Waals surface area contributed by atoms with Crippen LogP contribution in [0.2, 0.25) is 0 Å². The van der Waals surface area contributed by atoms with Crippen molar-refractivity contribution >= 4 is 5.82 Å². The van der Waals surface area contributed by atoms with Crippen LogP contribution in [0.15, 0.2) is 18.3 Å². The summed E-state index contributed by atoms with van der Waals surface area (Å²) in [6.45, 7) is 2.53. The van der Waals surface area contributed by atoms with E-state index in [0.717, 1.165) is 18.0 Å². The molecule has 0 saturated heterocycles. The highest BCUT2D eigenvalue weighted by molar-refractivity contribution is 5.39. The second kappa shape index (κ2) is 6.59. The topological polar surface area (TPSA) is 61.2 Å². The van der Waals surface area contributed by atoms with Crippen molar-refractivity contribution in [3.63, 3.8) is 0 Å². The quantitative estimate of drug-likeness (QED) is 0.599. The SMILES string of the molecule is CCC(COc1ccnc(NC)c1)N(C)C#N. The lowest BCUT2D eigenvalue weighted by atomic mass is 10.2. The molecular weight excluding hydrogens is 216 g/mol. The molecule has 0 amide bonds. The molecule has 1 aromatic rings. The standard InChI is InChI=1S/C12H18N4O/c1-4-10(16(3)9-13)8-17-11-5-6-15-12(7-11)14-2/h5-7,10H,4,8H2,1-3H3,(H,14,15). The number of likely N-dealkylation sites (N-methyl/N-ethyl adjacent to an activating group) is 1. The predicted molar refractivity (Wildman–Crippen MR) is 66.7 cm³/mol. The Balaban J connectivity index is 2.57. The molecule has 5 nitrogen and oxygen atoms in total. The van der Waals surface area contributed by atoms with Crippen LogP contribution in [0.25, 0.3) is 0 Å². The van der Waals surface area contributed by atoms with Crippen LogP contribution in [0.1, 0.15) is 13.3 Å². The van der Waals surface area contributed by atoms with E-state index >= 15 is 0 Å². The Labute approximate surface area is 102 Å². The molecule has 0 saturated carbocycles. The number of aromatic nitrogens is 1. The first-order chi connectivity index (χ1) is 8.21. The van der Waals surface area contributed by atoms with Crippen LogP contribution in [-0.2, 0) is 0 Å². The molecule has 1 atom stereocenters. The van der Waals surface area contributed by atoms with E-state index in [4.69, 9.17) is 10.00 Å². The predicted octanol–water partition coefficient (Wildman–Crippen LogP) is 1.69. The van der Waals surface area contributed by atoms with Crippen molar-refractivity contribution in [2.75, 3.05) is 26.0 Å². The van der Waals surface area contributed by atoms with Crippen molar-refractivity contribution in [1.29, 1.82) is 5.26 Å². The number of ether oxygens (including phenoxy) is 1. The number of nitrogens with one attached hydrogen (secondary N) is 1. The van der Waals surface area contributed by atoms with E-state index in [2.05, 4.69) is 16.5 Å². The minimum atomic E-state index is 0.103. The molecule has 5 heteroatoms. The smallest absolute Gasteiger partial charge is 0.179 e. The van der Waals surface area contributed by atoms with Gasteiger partial charge in [0.15, 0.2) is 6.19 Å². The fourth-order valence-corrected chi connectivity index (χ4v) is 1.42. The largest absolute Gasteiger partial charge is 0.491 e. The number of anilines is 1. The first kappa shape index (κ1) is 13.1. The average Bonchev–Trinajstić information content (AvgIpc) is 2.39. The number of hydrogen-bond acceptors (Lipinski definition) is 5. The Morgan fingerprint density at radius 2 is 2.41 bits per heavy atom. The van der Waals surface area contributed by atoms with Gasteiger partial charge in [0, 0.05) is 26.4 Å². The van der Waals surface area contributed by atoms with Crippen molar-refractivity contribution in [3.05, 3.63) is 18.3 Å². The van der Waals surface area contributed by atoms with Gasteiger partial charge in [-0.1, -0.05) is 6.92 Å². The minimum absolute atomic E-state index is 0.103. The van der Waals surface area contributed by atoms with E-state index in [9.17, 15) is 0 Å². The second-order valence-electron chi connectivity index (χ2n) is 3.71. The van der Waals surface area contributed by atoms with Gasteiger partial charge in [0.25, 0.3) is 0 Å². The van der Waals surface area contributed by atoms with Crippen molar-refractivity contribution < 1.29 is 4.74 Å². The lowest BCUT2D eigenvalue weighted by Gasteiger charge is -2.21. The van der Waals surface area contributed by atoms with Gasteiger partial charge in [0.1, 0.15) is 18.2 Å². The van der Waals surface area contributed by atoms with Crippen molar-refractivity contribution in [2.45, 2.75) is 19.4 Å². The molecule has 0 aromatic carbocycles. The number of nitrogens with zero attached hydrogens (tertiary/aromatic N) is 3. The summed E-state index contributed by atoms with van der Waals surface area (Å²) in [6.07, 6.45) is 4.66. The van der Waals surface area contributed by atoms with Gasteiger partial charge < -0.3 is 15.0 Å². The monoisotopic (exact) mass is 234 g/mol. The first-order valence-electron chi connectivity index (χ1n) is 5.60. The number of nitriles is 1. The van der Waals surface area contributed by atoms with Crippen LogP contribution in [0, 0.1) is 11.5 Å². The highest BCUT2D eigenvalue weighted by Gasteiger charge is 2.11. The summed E-state index contributed by atoms with van der Waals surface area (Å²) in [4.78, 5) is 5.71. The van der Waals surface area contributed by atoms with E-state index < -0.39 is 0 Å². The molecule has 1 rings (SSSR count). The molecule has 0 fully saturated rings. The Hall–Kier alpha value is -1.96. The third-order valence-corrected chi connectivity index (χ3v) is 2.61. The molecule has 17 heavy (non-hydrogen) atoms. The molecule has 0 aliphatic heterocycles. The number of hydrogen-bond donors (Lipinski definition) is 1. The summed E-state index contributed by atoms with van der Waals surface area (Å²) in [7, 11) is 3.58. The molecule has 0 spiro atoms. The fourth-order valence-electron chi connectivity index (χ4n) is 1.42. The summed E-state index contributed by atoms with van der Waals surface area (Å²) >= 11 is 0. The van der Waals surface area contributed by atoms with E-state index in [0.29, 0.717) is 6.61 Å². The Morgan fingerprint density at radius 1 is 1.65 bits per heavy atom. The third kappa shape index (κ3) is 3.83. The summed E-state index contributed by atoms with van der Waals surface area (Å²) in [5, 5.41) is 11.8. The molecule has 0 aliphatic rings. The van der Waals surface area contributed by atoms with Crippen LogP contribution < -0.4 is 10.1 Å². The van der Waals surface area contributed by atoms with Gasteiger partial charge in [0.05, 0.1) is 6.04 Å². The van der Waals surface area contributed by atoms with Crippen LogP contribution >= 0.6 is 0 Å². The molecule has 0 bridgehead atoms. The van der Waals surface area contributed by atoms with Crippen LogP contribution in [-0.4, -0.2) is 36.6 Å². The molecule has 92 valence electrons. The van der Waals surface area contributed by atoms with Crippen molar-refractivity contribution in [3.8, 4) is 11.9 Å². The lowest BCUT2D eigenvalue weighted by Crippen LogP contribution is -2.32. The molecule has 0 aliphatic carbocycles. The van der Waals surface area contributed by atoms with E-state index in [-0.39, 0.29) is 6.04 Å². The zero-order valence-corrected chi connectivity index (χ0v) is 10.5. The number of rotatable bonds is 6. The summed E-state index contributed by atoms with van der Waals surface area (Å²) < 4.78 is 5.65. The van der Waals surface area contributed by atoms with Gasteiger partial charge in [-0.3, -0.25) is 0 Å². The zero-order chi connectivity index (χ0) is 12.7.